The maximum absolute atomic E-state index is 11.8. The Morgan fingerprint density at radius 1 is 1.44 bits per heavy atom. The molecule has 0 fully saturated rings. The Labute approximate surface area is 105 Å². The summed E-state index contributed by atoms with van der Waals surface area (Å²) in [5.41, 5.74) is 0.579. The van der Waals surface area contributed by atoms with Crippen molar-refractivity contribution < 1.29 is 9.72 Å². The monoisotopic (exact) mass is 271 g/mol. The lowest BCUT2D eigenvalue weighted by Gasteiger charge is -2.20. The van der Waals surface area contributed by atoms with E-state index in [0.717, 1.165) is 0 Å². The zero-order valence-electron chi connectivity index (χ0n) is 10.2. The molecule has 7 nitrogen and oxygen atoms in total. The van der Waals surface area contributed by atoms with Crippen molar-refractivity contribution >= 4 is 26.8 Å². The molecule has 1 N–H and O–H groups in total. The molecule has 0 aromatic heterocycles. The van der Waals surface area contributed by atoms with Crippen LogP contribution in [-0.4, -0.2) is 22.7 Å². The van der Waals surface area contributed by atoms with Gasteiger partial charge >= 0.3 is 0 Å². The fourth-order valence-electron chi connectivity index (χ4n) is 1.23. The van der Waals surface area contributed by atoms with Crippen LogP contribution in [0.2, 0.25) is 0 Å². The largest absolute Gasteiger partial charge is 0.316 e. The summed E-state index contributed by atoms with van der Waals surface area (Å²) >= 11 is 0. The van der Waals surface area contributed by atoms with Gasteiger partial charge in [-0.15, -0.1) is 4.91 Å². The van der Waals surface area contributed by atoms with E-state index < -0.39 is 20.4 Å². The molecule has 0 spiro atoms. The summed E-state index contributed by atoms with van der Waals surface area (Å²) in [7, 11) is -2.30. The third-order valence-corrected chi connectivity index (χ3v) is 3.76. The van der Waals surface area contributed by atoms with Gasteiger partial charge in [0.1, 0.15) is 0 Å². The van der Waals surface area contributed by atoms with Gasteiger partial charge in [-0.1, -0.05) is 6.07 Å². The van der Waals surface area contributed by atoms with E-state index >= 15 is 0 Å². The minimum atomic E-state index is -2.30. The molecule has 0 bridgehead atoms. The van der Waals surface area contributed by atoms with Crippen molar-refractivity contribution in [2.75, 3.05) is 17.8 Å². The predicted octanol–water partition coefficient (Wildman–Crippen LogP) is 3.18. The van der Waals surface area contributed by atoms with Crippen molar-refractivity contribution in [3.8, 4) is 0 Å². The summed E-state index contributed by atoms with van der Waals surface area (Å²) in [6.07, 6.45) is 2.89. The van der Waals surface area contributed by atoms with Crippen LogP contribution in [0.5, 0.6) is 0 Å². The number of hydrogen-bond donors (Lipinski definition) is 1. The summed E-state index contributed by atoms with van der Waals surface area (Å²) < 4.78 is 2.79. The number of rotatable bonds is 3. The molecule has 0 unspecified atom stereocenters. The zero-order valence-corrected chi connectivity index (χ0v) is 11.0. The maximum atomic E-state index is 11.8. The Hall–Kier alpha value is -1.96. The number of nitrogens with zero attached hydrogens (tertiary/aromatic N) is 2. The summed E-state index contributed by atoms with van der Waals surface area (Å²) in [4.78, 5) is 32.5. The van der Waals surface area contributed by atoms with Crippen LogP contribution in [0, 0.1) is 21.9 Å². The van der Waals surface area contributed by atoms with E-state index in [1.54, 1.807) is 6.07 Å². The van der Waals surface area contributed by atoms with Crippen molar-refractivity contribution in [2.45, 2.75) is 6.92 Å². The molecule has 0 radical (unpaired) electrons. The van der Waals surface area contributed by atoms with E-state index in [-0.39, 0.29) is 5.69 Å². The van der Waals surface area contributed by atoms with Gasteiger partial charge in [0.25, 0.3) is 10.9 Å². The van der Waals surface area contributed by atoms with Gasteiger partial charge in [0.05, 0.1) is 16.2 Å². The van der Waals surface area contributed by atoms with Crippen LogP contribution in [-0.2, 0) is 0 Å². The molecule has 98 valence electrons. The molecular weight excluding hydrogens is 258 g/mol. The Bertz CT molecular complexity index is 516. The molecule has 8 heteroatoms. The van der Waals surface area contributed by atoms with Gasteiger partial charge in [-0.05, 0) is 40.3 Å². The molecular formula is C10H13N3O4S. The fourth-order valence-corrected chi connectivity index (χ4v) is 1.65. The van der Waals surface area contributed by atoms with Crippen LogP contribution in [0.25, 0.3) is 0 Å². The number of anilines is 1. The minimum Gasteiger partial charge on any atom is -0.316 e. The lowest BCUT2D eigenvalue weighted by Crippen LogP contribution is -2.16. The van der Waals surface area contributed by atoms with Crippen LogP contribution >= 0.6 is 10.2 Å². The van der Waals surface area contributed by atoms with E-state index in [2.05, 4.69) is 9.90 Å². The number of hydrogen-bond acceptors (Lipinski definition) is 5. The fraction of sp³-hybridized carbons (Fsp3) is 0.300. The topological polar surface area (TPSA) is 102 Å². The summed E-state index contributed by atoms with van der Waals surface area (Å²) in [5.74, 6) is 0. The SMILES string of the molecule is Cc1c(NC(=O)S(C)(C)N=O)cccc1[N+](=O)[O-]. The number of nitrogens with one attached hydrogen (secondary N) is 1. The first-order valence-electron chi connectivity index (χ1n) is 4.92. The van der Waals surface area contributed by atoms with Gasteiger partial charge in [-0.3, -0.25) is 14.9 Å². The van der Waals surface area contributed by atoms with Crippen LogP contribution in [0.4, 0.5) is 16.2 Å². The number of benzene rings is 1. The third kappa shape index (κ3) is 2.83. The summed E-state index contributed by atoms with van der Waals surface area (Å²) in [6, 6.07) is 4.36. The lowest BCUT2D eigenvalue weighted by molar-refractivity contribution is -0.385. The molecule has 1 rings (SSSR count). The highest BCUT2D eigenvalue weighted by Gasteiger charge is 2.24. The second-order valence-electron chi connectivity index (χ2n) is 3.97. The van der Waals surface area contributed by atoms with Crippen LogP contribution in [0.15, 0.2) is 22.8 Å². The molecule has 1 amide bonds. The van der Waals surface area contributed by atoms with Gasteiger partial charge in [-0.25, -0.2) is 0 Å². The molecule has 0 saturated heterocycles. The quantitative estimate of drug-likeness (QED) is 0.518. The van der Waals surface area contributed by atoms with E-state index in [9.17, 15) is 19.8 Å². The predicted molar refractivity (Wildman–Crippen MR) is 72.1 cm³/mol. The van der Waals surface area contributed by atoms with E-state index in [0.29, 0.717) is 11.3 Å². The first-order valence-corrected chi connectivity index (χ1v) is 7.33. The number of amides is 1. The average Bonchev–Trinajstić information content (AvgIpc) is 2.31. The number of nitroso groups, excluding NO2 is 1. The molecule has 1 aromatic rings. The van der Waals surface area contributed by atoms with Crippen LogP contribution < -0.4 is 5.32 Å². The van der Waals surface area contributed by atoms with E-state index in [4.69, 9.17) is 0 Å². The van der Waals surface area contributed by atoms with Crippen molar-refractivity contribution in [2.24, 2.45) is 4.58 Å². The first-order chi connectivity index (χ1) is 8.29. The zero-order chi connectivity index (χ0) is 13.9. The van der Waals surface area contributed by atoms with Crippen molar-refractivity contribution in [1.29, 1.82) is 0 Å². The van der Waals surface area contributed by atoms with Crippen molar-refractivity contribution in [3.63, 3.8) is 0 Å². The highest BCUT2D eigenvalue weighted by molar-refractivity contribution is 8.43. The van der Waals surface area contributed by atoms with Gasteiger partial charge in [0.15, 0.2) is 0 Å². The highest BCUT2D eigenvalue weighted by Crippen LogP contribution is 2.43. The second kappa shape index (κ2) is 5.13. The average molecular weight is 271 g/mol. The minimum absolute atomic E-state index is 0.0836. The third-order valence-electron chi connectivity index (χ3n) is 2.38. The van der Waals surface area contributed by atoms with Crippen LogP contribution in [0.3, 0.4) is 0 Å². The molecule has 0 aliphatic rings. The smallest absolute Gasteiger partial charge is 0.287 e. The number of carbonyl (C=O) groups excluding carboxylic acids is 1. The molecule has 0 aliphatic carbocycles. The molecule has 0 atom stereocenters. The molecule has 18 heavy (non-hydrogen) atoms. The maximum Gasteiger partial charge on any atom is 0.287 e. The van der Waals surface area contributed by atoms with Crippen molar-refractivity contribution in [3.05, 3.63) is 38.8 Å². The number of nitro benzene ring substituents is 1. The normalized spacial score (nSPS) is 11.7. The second-order valence-corrected chi connectivity index (χ2v) is 7.03. The van der Waals surface area contributed by atoms with Gasteiger partial charge in [-0.2, -0.15) is 0 Å². The number of carbonyl (C=O) groups is 1. The summed E-state index contributed by atoms with van der Waals surface area (Å²) in [6.45, 7) is 1.53. The van der Waals surface area contributed by atoms with Crippen LogP contribution in [0.1, 0.15) is 5.56 Å². The Kier molecular flexibility index (Phi) is 4.02. The Morgan fingerprint density at radius 2 is 2.06 bits per heavy atom. The summed E-state index contributed by atoms with van der Waals surface area (Å²) in [5, 5.41) is 12.7. The Morgan fingerprint density at radius 3 is 2.56 bits per heavy atom. The molecule has 0 aliphatic heterocycles. The van der Waals surface area contributed by atoms with E-state index in [1.807, 2.05) is 0 Å². The lowest BCUT2D eigenvalue weighted by atomic mass is 10.1. The molecule has 0 heterocycles. The number of nitro groups is 1. The highest BCUT2D eigenvalue weighted by atomic mass is 32.3. The molecule has 0 saturated carbocycles. The van der Waals surface area contributed by atoms with Gasteiger partial charge in [0, 0.05) is 6.07 Å². The van der Waals surface area contributed by atoms with E-state index in [1.165, 1.54) is 31.6 Å². The Balaban J connectivity index is 3.06. The molecule has 1 aromatic carbocycles. The van der Waals surface area contributed by atoms with Gasteiger partial charge < -0.3 is 5.32 Å². The van der Waals surface area contributed by atoms with Gasteiger partial charge in [0.2, 0.25) is 0 Å². The first kappa shape index (κ1) is 14.1. The van der Waals surface area contributed by atoms with Crippen molar-refractivity contribution in [1.82, 2.24) is 0 Å². The standard InChI is InChI=1S/C10H13N3O4S/c1-7-8(5-4-6-9(7)13(16)17)11-10(14)18(2,3)12-15/h4-6H,1-3H3,(H,11,14).